The largest absolute Gasteiger partial charge is 0.480 e. The monoisotopic (exact) mass is 619 g/mol. The number of hydrogen-bond acceptors (Lipinski definition) is 7. The summed E-state index contributed by atoms with van der Waals surface area (Å²) in [4.78, 5) is 43.4. The van der Waals surface area contributed by atoms with Crippen molar-refractivity contribution in [1.29, 1.82) is 0 Å². The fourth-order valence-corrected chi connectivity index (χ4v) is 6.49. The quantitative estimate of drug-likeness (QED) is 0.237. The molecule has 0 saturated carbocycles. The Morgan fingerprint density at radius 2 is 1.75 bits per heavy atom. The zero-order chi connectivity index (χ0) is 28.1. The first-order chi connectivity index (χ1) is 19.4. The molecule has 4 aromatic rings. The molecule has 2 aromatic heterocycles. The molecule has 1 atom stereocenters. The van der Waals surface area contributed by atoms with E-state index in [0.717, 1.165) is 45.0 Å². The summed E-state index contributed by atoms with van der Waals surface area (Å²) in [5, 5.41) is 10.6. The minimum absolute atomic E-state index is 0.0696. The maximum absolute atomic E-state index is 13.8. The van der Waals surface area contributed by atoms with E-state index in [1.165, 1.54) is 4.90 Å². The third-order valence-corrected chi connectivity index (χ3v) is 9.07. The maximum Gasteiger partial charge on any atom is 0.323 e. The SMILES string of the molecule is Cc1nc([C@@H]2CCCN2c2ncc(C(=O)N(CC(=O)O)Cc3ccccc3)c(CCc3ccccc3)n2)sc1Br. The minimum atomic E-state index is -1.07. The number of nitrogens with zero attached hydrogens (tertiary/aromatic N) is 5. The molecule has 40 heavy (non-hydrogen) atoms. The summed E-state index contributed by atoms with van der Waals surface area (Å²) in [7, 11) is 0. The summed E-state index contributed by atoms with van der Waals surface area (Å²) in [6.45, 7) is 2.55. The number of carboxylic acid groups (broad SMARTS) is 1. The standard InChI is InChI=1S/C30H30BrN5O3S/c1-20-27(31)40-28(33-20)25-13-8-16-36(25)30-32-17-23(24(34-30)15-14-21-9-4-2-5-10-21)29(39)35(19-26(37)38)18-22-11-6-3-7-12-22/h2-7,9-12,17,25H,8,13-16,18-19H2,1H3,(H,37,38)/t25-/m0/s1. The number of thiazole rings is 1. The van der Waals surface area contributed by atoms with Crippen LogP contribution in [0.4, 0.5) is 5.95 Å². The molecule has 0 bridgehead atoms. The van der Waals surface area contributed by atoms with Gasteiger partial charge in [0.15, 0.2) is 0 Å². The van der Waals surface area contributed by atoms with Crippen molar-refractivity contribution in [2.24, 2.45) is 0 Å². The van der Waals surface area contributed by atoms with Gasteiger partial charge < -0.3 is 14.9 Å². The van der Waals surface area contributed by atoms with Gasteiger partial charge in [-0.3, -0.25) is 9.59 Å². The zero-order valence-corrected chi connectivity index (χ0v) is 24.6. The molecule has 0 radical (unpaired) electrons. The summed E-state index contributed by atoms with van der Waals surface area (Å²) in [5.41, 5.74) is 3.90. The van der Waals surface area contributed by atoms with Gasteiger partial charge in [0.1, 0.15) is 11.6 Å². The number of hydrogen-bond donors (Lipinski definition) is 1. The lowest BCUT2D eigenvalue weighted by Gasteiger charge is -2.25. The van der Waals surface area contributed by atoms with Crippen LogP contribution in [-0.2, 0) is 24.2 Å². The second kappa shape index (κ2) is 12.7. The lowest BCUT2D eigenvalue weighted by Crippen LogP contribution is -2.36. The number of aliphatic carboxylic acids is 1. The Bertz CT molecular complexity index is 1460. The van der Waals surface area contributed by atoms with Crippen LogP contribution in [0.25, 0.3) is 0 Å². The second-order valence-corrected chi connectivity index (χ2v) is 12.2. The van der Waals surface area contributed by atoms with E-state index in [-0.39, 0.29) is 12.6 Å². The van der Waals surface area contributed by atoms with Crippen LogP contribution in [0, 0.1) is 6.92 Å². The number of carboxylic acids is 1. The summed E-state index contributed by atoms with van der Waals surface area (Å²) in [6.07, 6.45) is 4.73. The predicted molar refractivity (Wildman–Crippen MR) is 159 cm³/mol. The molecule has 10 heteroatoms. The van der Waals surface area contributed by atoms with Crippen LogP contribution < -0.4 is 4.90 Å². The van der Waals surface area contributed by atoms with Gasteiger partial charge in [0.05, 0.1) is 26.8 Å². The third-order valence-electron chi connectivity index (χ3n) is 6.96. The van der Waals surface area contributed by atoms with E-state index in [9.17, 15) is 14.7 Å². The number of anilines is 1. The van der Waals surface area contributed by atoms with Crippen molar-refractivity contribution in [3.05, 3.63) is 104 Å². The molecule has 1 fully saturated rings. The second-order valence-electron chi connectivity index (χ2n) is 9.82. The van der Waals surface area contributed by atoms with Gasteiger partial charge in [-0.1, -0.05) is 60.7 Å². The molecule has 1 saturated heterocycles. The lowest BCUT2D eigenvalue weighted by molar-refractivity contribution is -0.137. The molecule has 5 rings (SSSR count). The van der Waals surface area contributed by atoms with Crippen molar-refractivity contribution in [2.45, 2.75) is 45.2 Å². The average Bonchev–Trinajstić information content (AvgIpc) is 3.58. The Labute approximate surface area is 245 Å². The molecule has 1 N–H and O–H groups in total. The van der Waals surface area contributed by atoms with Crippen LogP contribution in [0.2, 0.25) is 0 Å². The molecular formula is C30H30BrN5O3S. The van der Waals surface area contributed by atoms with E-state index in [2.05, 4.69) is 37.9 Å². The van der Waals surface area contributed by atoms with Gasteiger partial charge in [0.25, 0.3) is 5.91 Å². The predicted octanol–water partition coefficient (Wildman–Crippen LogP) is 5.86. The Balaban J connectivity index is 1.48. The molecule has 0 unspecified atom stereocenters. The molecule has 3 heterocycles. The van der Waals surface area contributed by atoms with Crippen molar-refractivity contribution in [3.8, 4) is 0 Å². The molecule has 8 nitrogen and oxygen atoms in total. The minimum Gasteiger partial charge on any atom is -0.480 e. The normalized spacial score (nSPS) is 14.8. The lowest BCUT2D eigenvalue weighted by atomic mass is 10.0. The summed E-state index contributed by atoms with van der Waals surface area (Å²) >= 11 is 5.23. The molecule has 0 aliphatic carbocycles. The van der Waals surface area contributed by atoms with E-state index < -0.39 is 18.4 Å². The topological polar surface area (TPSA) is 99.5 Å². The van der Waals surface area contributed by atoms with Crippen molar-refractivity contribution in [1.82, 2.24) is 19.9 Å². The van der Waals surface area contributed by atoms with Crippen molar-refractivity contribution < 1.29 is 14.7 Å². The molecule has 1 aliphatic heterocycles. The maximum atomic E-state index is 13.8. The Morgan fingerprint density at radius 3 is 2.40 bits per heavy atom. The molecule has 1 amide bonds. The van der Waals surface area contributed by atoms with Gasteiger partial charge in [-0.25, -0.2) is 15.0 Å². The smallest absolute Gasteiger partial charge is 0.323 e. The van der Waals surface area contributed by atoms with Crippen LogP contribution in [0.5, 0.6) is 0 Å². The first-order valence-corrected chi connectivity index (χ1v) is 14.8. The van der Waals surface area contributed by atoms with Gasteiger partial charge in [-0.2, -0.15) is 0 Å². The van der Waals surface area contributed by atoms with Gasteiger partial charge in [-0.05, 0) is 59.7 Å². The van der Waals surface area contributed by atoms with Crippen LogP contribution in [0.15, 0.2) is 70.6 Å². The number of benzene rings is 2. The zero-order valence-electron chi connectivity index (χ0n) is 22.2. The van der Waals surface area contributed by atoms with Crippen molar-refractivity contribution in [2.75, 3.05) is 18.0 Å². The van der Waals surface area contributed by atoms with E-state index in [4.69, 9.17) is 9.97 Å². The number of amides is 1. The number of aromatic nitrogens is 3. The summed E-state index contributed by atoms with van der Waals surface area (Å²) in [6, 6.07) is 19.5. The first-order valence-electron chi connectivity index (χ1n) is 13.2. The fourth-order valence-electron chi connectivity index (χ4n) is 4.96. The highest BCUT2D eigenvalue weighted by atomic mass is 79.9. The van der Waals surface area contributed by atoms with E-state index in [1.807, 2.05) is 55.5 Å². The van der Waals surface area contributed by atoms with Gasteiger partial charge >= 0.3 is 5.97 Å². The highest BCUT2D eigenvalue weighted by Gasteiger charge is 2.32. The first kappa shape index (κ1) is 27.9. The Morgan fingerprint density at radius 1 is 1.05 bits per heavy atom. The highest BCUT2D eigenvalue weighted by molar-refractivity contribution is 9.11. The van der Waals surface area contributed by atoms with Crippen LogP contribution in [0.1, 0.15) is 56.8 Å². The Hall–Kier alpha value is -3.63. The van der Waals surface area contributed by atoms with Crippen LogP contribution in [0.3, 0.4) is 0 Å². The van der Waals surface area contributed by atoms with Crippen LogP contribution in [-0.4, -0.2) is 49.9 Å². The van der Waals surface area contributed by atoms with Crippen molar-refractivity contribution in [3.63, 3.8) is 0 Å². The van der Waals surface area contributed by atoms with Crippen molar-refractivity contribution >= 4 is 45.1 Å². The number of carbonyl (C=O) groups is 2. The van der Waals surface area contributed by atoms with Gasteiger partial charge in [0, 0.05) is 19.3 Å². The van der Waals surface area contributed by atoms with Gasteiger partial charge in [-0.15, -0.1) is 11.3 Å². The van der Waals surface area contributed by atoms with E-state index in [1.54, 1.807) is 17.5 Å². The van der Waals surface area contributed by atoms with E-state index in [0.29, 0.717) is 30.0 Å². The van der Waals surface area contributed by atoms with E-state index >= 15 is 0 Å². The molecular weight excluding hydrogens is 590 g/mol. The summed E-state index contributed by atoms with van der Waals surface area (Å²) in [5.74, 6) is -0.894. The average molecular weight is 621 g/mol. The number of carbonyl (C=O) groups excluding carboxylic acids is 1. The summed E-state index contributed by atoms with van der Waals surface area (Å²) < 4.78 is 1.02. The third kappa shape index (κ3) is 6.56. The Kier molecular flexibility index (Phi) is 8.86. The number of rotatable bonds is 10. The number of aryl methyl sites for hydroxylation is 3. The highest BCUT2D eigenvalue weighted by Crippen LogP contribution is 2.39. The molecule has 0 spiro atoms. The molecule has 206 valence electrons. The number of halogens is 1. The fraction of sp³-hybridized carbons (Fsp3) is 0.300. The molecule has 1 aliphatic rings. The van der Waals surface area contributed by atoms with Crippen LogP contribution >= 0.6 is 27.3 Å². The van der Waals surface area contributed by atoms with Gasteiger partial charge in [0.2, 0.25) is 5.95 Å². The molecule has 2 aromatic carbocycles.